The van der Waals surface area contributed by atoms with E-state index in [0.29, 0.717) is 10.8 Å². The zero-order valence-electron chi connectivity index (χ0n) is 11.7. The van der Waals surface area contributed by atoms with E-state index in [-0.39, 0.29) is 5.75 Å². The van der Waals surface area contributed by atoms with E-state index < -0.39 is 6.36 Å². The molecule has 2 aromatic carbocycles. The van der Waals surface area contributed by atoms with Crippen LogP contribution in [-0.4, -0.2) is 11.3 Å². The lowest BCUT2D eigenvalue weighted by Gasteiger charge is -2.08. The van der Waals surface area contributed by atoms with Crippen molar-refractivity contribution in [1.82, 2.24) is 4.98 Å². The van der Waals surface area contributed by atoms with Crippen molar-refractivity contribution in [3.05, 3.63) is 60.0 Å². The number of halogens is 3. The number of rotatable bonds is 4. The molecule has 0 aliphatic heterocycles. The van der Waals surface area contributed by atoms with Crippen LogP contribution in [0.2, 0.25) is 0 Å². The van der Waals surface area contributed by atoms with Crippen molar-refractivity contribution < 1.29 is 17.9 Å². The number of aromatic nitrogens is 1. The Bertz CT molecular complexity index is 770. The van der Waals surface area contributed by atoms with Gasteiger partial charge in [0.25, 0.3) is 0 Å². The minimum absolute atomic E-state index is 0.251. The maximum Gasteiger partial charge on any atom is 0.573 e. The molecule has 1 aromatic heterocycles. The number of benzene rings is 2. The number of alkyl halides is 3. The number of anilines is 2. The molecule has 0 bridgehead atoms. The van der Waals surface area contributed by atoms with E-state index in [4.69, 9.17) is 0 Å². The van der Waals surface area contributed by atoms with Gasteiger partial charge in [-0.05, 0) is 36.4 Å². The summed E-state index contributed by atoms with van der Waals surface area (Å²) >= 11 is 1.42. The summed E-state index contributed by atoms with van der Waals surface area (Å²) in [5.74, 6) is -0.251. The molecule has 7 heteroatoms. The van der Waals surface area contributed by atoms with E-state index in [9.17, 15) is 13.2 Å². The van der Waals surface area contributed by atoms with Crippen molar-refractivity contribution in [1.29, 1.82) is 0 Å². The molecule has 0 atom stereocenters. The van der Waals surface area contributed by atoms with E-state index in [1.807, 2.05) is 35.7 Å². The highest BCUT2D eigenvalue weighted by molar-refractivity contribution is 7.14. The van der Waals surface area contributed by atoms with Crippen molar-refractivity contribution in [2.45, 2.75) is 6.36 Å². The standard InChI is InChI=1S/C16H11F3N2OS/c17-16(18,19)22-13-8-6-11(7-9-13)14-10-23-15(21-14)20-12-4-2-1-3-5-12/h1-10H,(H,20,21). The number of hydrogen-bond acceptors (Lipinski definition) is 4. The fraction of sp³-hybridized carbons (Fsp3) is 0.0625. The third-order valence-electron chi connectivity index (χ3n) is 2.91. The SMILES string of the molecule is FC(F)(F)Oc1ccc(-c2csc(Nc3ccccc3)n2)cc1. The molecule has 3 rings (SSSR count). The maximum atomic E-state index is 12.1. The Morgan fingerprint density at radius 1 is 0.957 bits per heavy atom. The van der Waals surface area contributed by atoms with Crippen molar-refractivity contribution >= 4 is 22.2 Å². The maximum absolute atomic E-state index is 12.1. The van der Waals surface area contributed by atoms with Crippen LogP contribution in [0.1, 0.15) is 0 Å². The van der Waals surface area contributed by atoms with Crippen LogP contribution < -0.4 is 10.1 Å². The monoisotopic (exact) mass is 336 g/mol. The summed E-state index contributed by atoms with van der Waals surface area (Å²) < 4.78 is 40.2. The minimum atomic E-state index is -4.69. The van der Waals surface area contributed by atoms with Crippen molar-refractivity contribution in [3.8, 4) is 17.0 Å². The van der Waals surface area contributed by atoms with Gasteiger partial charge in [-0.2, -0.15) is 0 Å². The van der Waals surface area contributed by atoms with Gasteiger partial charge in [-0.1, -0.05) is 18.2 Å². The van der Waals surface area contributed by atoms with Crippen molar-refractivity contribution in [2.75, 3.05) is 5.32 Å². The first kappa shape index (κ1) is 15.4. The Morgan fingerprint density at radius 2 is 1.65 bits per heavy atom. The largest absolute Gasteiger partial charge is 0.573 e. The average Bonchev–Trinajstić information content (AvgIpc) is 2.96. The van der Waals surface area contributed by atoms with Crippen molar-refractivity contribution in [3.63, 3.8) is 0 Å². The van der Waals surface area contributed by atoms with Gasteiger partial charge in [0.15, 0.2) is 5.13 Å². The number of para-hydroxylation sites is 1. The van der Waals surface area contributed by atoms with Crippen LogP contribution >= 0.6 is 11.3 Å². The molecule has 0 radical (unpaired) electrons. The first-order valence-corrected chi connectivity index (χ1v) is 7.51. The summed E-state index contributed by atoms with van der Waals surface area (Å²) in [5.41, 5.74) is 2.33. The molecule has 0 spiro atoms. The molecule has 23 heavy (non-hydrogen) atoms. The van der Waals surface area contributed by atoms with Gasteiger partial charge in [0, 0.05) is 16.6 Å². The van der Waals surface area contributed by atoms with Gasteiger partial charge < -0.3 is 10.1 Å². The third kappa shape index (κ3) is 4.23. The minimum Gasteiger partial charge on any atom is -0.406 e. The van der Waals surface area contributed by atoms with Gasteiger partial charge in [-0.25, -0.2) is 4.98 Å². The smallest absolute Gasteiger partial charge is 0.406 e. The van der Waals surface area contributed by atoms with Gasteiger partial charge in [-0.15, -0.1) is 24.5 Å². The Kier molecular flexibility index (Phi) is 4.20. The second-order valence-electron chi connectivity index (χ2n) is 4.60. The summed E-state index contributed by atoms with van der Waals surface area (Å²) in [4.78, 5) is 4.42. The second-order valence-corrected chi connectivity index (χ2v) is 5.46. The fourth-order valence-electron chi connectivity index (χ4n) is 1.94. The van der Waals surface area contributed by atoms with E-state index in [1.54, 1.807) is 12.1 Å². The lowest BCUT2D eigenvalue weighted by Crippen LogP contribution is -2.16. The van der Waals surface area contributed by atoms with Crippen LogP contribution in [0, 0.1) is 0 Å². The van der Waals surface area contributed by atoms with Gasteiger partial charge >= 0.3 is 6.36 Å². The lowest BCUT2D eigenvalue weighted by atomic mass is 10.2. The number of nitrogens with zero attached hydrogens (tertiary/aromatic N) is 1. The van der Waals surface area contributed by atoms with Crippen LogP contribution in [-0.2, 0) is 0 Å². The molecular formula is C16H11F3N2OS. The normalized spacial score (nSPS) is 11.3. The highest BCUT2D eigenvalue weighted by Gasteiger charge is 2.30. The molecule has 0 aliphatic rings. The number of ether oxygens (including phenoxy) is 1. The van der Waals surface area contributed by atoms with Gasteiger partial charge in [0.2, 0.25) is 0 Å². The molecule has 0 aliphatic carbocycles. The van der Waals surface area contributed by atoms with Crippen LogP contribution in [0.3, 0.4) is 0 Å². The van der Waals surface area contributed by atoms with Crippen LogP contribution in [0.4, 0.5) is 24.0 Å². The molecule has 0 saturated carbocycles. The molecule has 0 fully saturated rings. The Morgan fingerprint density at radius 3 is 2.30 bits per heavy atom. The molecule has 0 unspecified atom stereocenters. The van der Waals surface area contributed by atoms with E-state index >= 15 is 0 Å². The number of nitrogens with one attached hydrogen (secondary N) is 1. The zero-order chi connectivity index (χ0) is 16.3. The predicted molar refractivity (Wildman–Crippen MR) is 84.0 cm³/mol. The van der Waals surface area contributed by atoms with Crippen molar-refractivity contribution in [2.24, 2.45) is 0 Å². The topological polar surface area (TPSA) is 34.1 Å². The second kappa shape index (κ2) is 6.29. The summed E-state index contributed by atoms with van der Waals surface area (Å²) in [6.07, 6.45) is -4.69. The quantitative estimate of drug-likeness (QED) is 0.688. The number of thiazole rings is 1. The fourth-order valence-corrected chi connectivity index (χ4v) is 2.68. The van der Waals surface area contributed by atoms with Gasteiger partial charge in [-0.3, -0.25) is 0 Å². The Labute approximate surface area is 134 Å². The molecule has 1 heterocycles. The predicted octanol–water partition coefficient (Wildman–Crippen LogP) is 5.45. The summed E-state index contributed by atoms with van der Waals surface area (Å²) in [7, 11) is 0. The lowest BCUT2D eigenvalue weighted by molar-refractivity contribution is -0.274. The van der Waals surface area contributed by atoms with Gasteiger partial charge in [0.1, 0.15) is 5.75 Å². The molecule has 118 valence electrons. The molecule has 0 saturated heterocycles. The van der Waals surface area contributed by atoms with E-state index in [2.05, 4.69) is 15.0 Å². The highest BCUT2D eigenvalue weighted by atomic mass is 32.1. The average molecular weight is 336 g/mol. The molecule has 3 nitrogen and oxygen atoms in total. The molecule has 3 aromatic rings. The first-order chi connectivity index (χ1) is 11.0. The summed E-state index contributed by atoms with van der Waals surface area (Å²) in [6, 6.07) is 15.2. The highest BCUT2D eigenvalue weighted by Crippen LogP contribution is 2.29. The van der Waals surface area contributed by atoms with Crippen LogP contribution in [0.25, 0.3) is 11.3 Å². The first-order valence-electron chi connectivity index (χ1n) is 6.63. The third-order valence-corrected chi connectivity index (χ3v) is 3.67. The van der Waals surface area contributed by atoms with Gasteiger partial charge in [0.05, 0.1) is 5.69 Å². The van der Waals surface area contributed by atoms with Crippen LogP contribution in [0.15, 0.2) is 60.0 Å². The Hall–Kier alpha value is -2.54. The summed E-state index contributed by atoms with van der Waals surface area (Å²) in [5, 5.41) is 5.72. The zero-order valence-corrected chi connectivity index (χ0v) is 12.5. The van der Waals surface area contributed by atoms with Crippen LogP contribution in [0.5, 0.6) is 5.75 Å². The Balaban J connectivity index is 1.73. The molecular weight excluding hydrogens is 325 g/mol. The van der Waals surface area contributed by atoms with E-state index in [1.165, 1.54) is 23.5 Å². The van der Waals surface area contributed by atoms with E-state index in [0.717, 1.165) is 11.3 Å². The molecule has 1 N–H and O–H groups in total. The number of hydrogen-bond donors (Lipinski definition) is 1. The molecule has 0 amide bonds. The summed E-state index contributed by atoms with van der Waals surface area (Å²) in [6.45, 7) is 0.